The topological polar surface area (TPSA) is 52.9 Å². The zero-order chi connectivity index (χ0) is 12.7. The second kappa shape index (κ2) is 6.49. The van der Waals surface area contributed by atoms with Crippen LogP contribution in [-0.2, 0) is 11.2 Å². The van der Waals surface area contributed by atoms with E-state index in [9.17, 15) is 4.79 Å². The van der Waals surface area contributed by atoms with Gasteiger partial charge in [0.2, 0.25) is 0 Å². The number of nitrogens with one attached hydrogen (secondary N) is 1. The lowest BCUT2D eigenvalue weighted by Gasteiger charge is -2.05. The molecular weight excluding hydrogens is 212 g/mol. The van der Waals surface area contributed by atoms with E-state index in [0.717, 1.165) is 12.0 Å². The van der Waals surface area contributed by atoms with Crippen LogP contribution in [0.1, 0.15) is 19.4 Å². The Bertz CT molecular complexity index is 451. The van der Waals surface area contributed by atoms with Gasteiger partial charge in [-0.2, -0.15) is 5.26 Å². The van der Waals surface area contributed by atoms with Crippen LogP contribution in [0, 0.1) is 11.3 Å². The molecule has 0 unspecified atom stereocenters. The molecule has 0 heterocycles. The highest BCUT2D eigenvalue weighted by molar-refractivity contribution is 5.97. The van der Waals surface area contributed by atoms with Gasteiger partial charge < -0.3 is 5.32 Å². The zero-order valence-corrected chi connectivity index (χ0v) is 10.2. The minimum absolute atomic E-state index is 0.207. The molecule has 0 bridgehead atoms. The summed E-state index contributed by atoms with van der Waals surface area (Å²) in [5.41, 5.74) is 2.12. The van der Waals surface area contributed by atoms with Crippen molar-refractivity contribution >= 4 is 5.91 Å². The van der Waals surface area contributed by atoms with Gasteiger partial charge in [0.05, 0.1) is 0 Å². The van der Waals surface area contributed by atoms with Gasteiger partial charge in [-0.25, -0.2) is 0 Å². The van der Waals surface area contributed by atoms with Gasteiger partial charge in [-0.1, -0.05) is 35.9 Å². The number of rotatable bonds is 4. The first-order valence-corrected chi connectivity index (χ1v) is 5.55. The van der Waals surface area contributed by atoms with E-state index >= 15 is 0 Å². The fourth-order valence-corrected chi connectivity index (χ4v) is 1.44. The Labute approximate surface area is 102 Å². The number of benzene rings is 1. The Hall–Kier alpha value is -2.08. The van der Waals surface area contributed by atoms with Crippen LogP contribution in [0.3, 0.4) is 0 Å². The number of carbonyl (C=O) groups is 1. The molecule has 3 heteroatoms. The van der Waals surface area contributed by atoms with E-state index in [4.69, 9.17) is 5.26 Å². The first-order valence-electron chi connectivity index (χ1n) is 5.55. The van der Waals surface area contributed by atoms with Crippen LogP contribution in [0.5, 0.6) is 0 Å². The van der Waals surface area contributed by atoms with Crippen molar-refractivity contribution in [2.24, 2.45) is 0 Å². The van der Waals surface area contributed by atoms with Crippen LogP contribution >= 0.6 is 0 Å². The van der Waals surface area contributed by atoms with Crippen molar-refractivity contribution in [1.82, 2.24) is 5.32 Å². The molecule has 1 aromatic carbocycles. The van der Waals surface area contributed by atoms with E-state index < -0.39 is 0 Å². The summed E-state index contributed by atoms with van der Waals surface area (Å²) in [5, 5.41) is 11.6. The van der Waals surface area contributed by atoms with Gasteiger partial charge in [0.1, 0.15) is 11.6 Å². The molecule has 1 N–H and O–H groups in total. The lowest BCUT2D eigenvalue weighted by Crippen LogP contribution is -2.27. The van der Waals surface area contributed by atoms with Crippen molar-refractivity contribution in [3.05, 3.63) is 47.0 Å². The Morgan fingerprint density at radius 3 is 2.47 bits per heavy atom. The minimum atomic E-state index is -0.288. The van der Waals surface area contributed by atoms with Crippen molar-refractivity contribution in [3.8, 4) is 6.07 Å². The van der Waals surface area contributed by atoms with Gasteiger partial charge in [0.15, 0.2) is 0 Å². The van der Waals surface area contributed by atoms with Crippen LogP contribution in [0.2, 0.25) is 0 Å². The van der Waals surface area contributed by atoms with Gasteiger partial charge in [0.25, 0.3) is 5.91 Å². The number of carbonyl (C=O) groups excluding carboxylic acids is 1. The van der Waals surface area contributed by atoms with Crippen LogP contribution in [-0.4, -0.2) is 12.5 Å². The molecule has 3 nitrogen and oxygen atoms in total. The normalized spacial score (nSPS) is 9.24. The molecule has 0 aliphatic heterocycles. The maximum Gasteiger partial charge on any atom is 0.261 e. The summed E-state index contributed by atoms with van der Waals surface area (Å²) >= 11 is 0. The Morgan fingerprint density at radius 1 is 1.29 bits per heavy atom. The average molecular weight is 228 g/mol. The van der Waals surface area contributed by atoms with Gasteiger partial charge in [-0.05, 0) is 25.8 Å². The van der Waals surface area contributed by atoms with E-state index in [1.54, 1.807) is 13.8 Å². The lowest BCUT2D eigenvalue weighted by atomic mass is 10.1. The van der Waals surface area contributed by atoms with Gasteiger partial charge in [0, 0.05) is 6.54 Å². The molecule has 0 saturated carbocycles. The van der Waals surface area contributed by atoms with Gasteiger partial charge in [-0.15, -0.1) is 0 Å². The standard InChI is InChI=1S/C14H16N2O/c1-11(2)13(10-15)14(17)16-9-8-12-6-4-3-5-7-12/h3-7H,8-9H2,1-2H3,(H,16,17). The fraction of sp³-hybridized carbons (Fsp3) is 0.286. The molecule has 0 aliphatic carbocycles. The van der Waals surface area contributed by atoms with Crippen LogP contribution in [0.25, 0.3) is 0 Å². The highest BCUT2D eigenvalue weighted by Crippen LogP contribution is 2.02. The molecule has 1 rings (SSSR count). The van der Waals surface area contributed by atoms with Crippen molar-refractivity contribution in [1.29, 1.82) is 5.26 Å². The highest BCUT2D eigenvalue weighted by atomic mass is 16.1. The van der Waals surface area contributed by atoms with Crippen molar-refractivity contribution < 1.29 is 4.79 Å². The largest absolute Gasteiger partial charge is 0.351 e. The summed E-state index contributed by atoms with van der Waals surface area (Å²) in [6.07, 6.45) is 0.772. The minimum Gasteiger partial charge on any atom is -0.351 e. The van der Waals surface area contributed by atoms with Crippen LogP contribution in [0.15, 0.2) is 41.5 Å². The summed E-state index contributed by atoms with van der Waals surface area (Å²) < 4.78 is 0. The van der Waals surface area contributed by atoms with Gasteiger partial charge in [-0.3, -0.25) is 4.79 Å². The maximum atomic E-state index is 11.6. The molecule has 0 aliphatic rings. The second-order valence-corrected chi connectivity index (χ2v) is 3.98. The predicted octanol–water partition coefficient (Wildman–Crippen LogP) is 2.21. The second-order valence-electron chi connectivity index (χ2n) is 3.98. The molecular formula is C14H16N2O. The van der Waals surface area contributed by atoms with Crippen molar-refractivity contribution in [3.63, 3.8) is 0 Å². The van der Waals surface area contributed by atoms with E-state index in [2.05, 4.69) is 5.32 Å². The molecule has 1 aromatic rings. The molecule has 17 heavy (non-hydrogen) atoms. The smallest absolute Gasteiger partial charge is 0.261 e. The number of nitrogens with zero attached hydrogens (tertiary/aromatic N) is 1. The molecule has 0 fully saturated rings. The zero-order valence-electron chi connectivity index (χ0n) is 10.2. The molecule has 0 aromatic heterocycles. The fourth-order valence-electron chi connectivity index (χ4n) is 1.44. The first kappa shape index (κ1) is 13.0. The SMILES string of the molecule is CC(C)=C(C#N)C(=O)NCCc1ccccc1. The van der Waals surface area contributed by atoms with E-state index in [1.807, 2.05) is 36.4 Å². The third kappa shape index (κ3) is 4.12. The van der Waals surface area contributed by atoms with E-state index in [-0.39, 0.29) is 11.5 Å². The third-order valence-corrected chi connectivity index (χ3v) is 2.38. The molecule has 1 amide bonds. The third-order valence-electron chi connectivity index (χ3n) is 2.38. The van der Waals surface area contributed by atoms with Crippen LogP contribution in [0.4, 0.5) is 0 Å². The molecule has 0 radical (unpaired) electrons. The Kier molecular flexibility index (Phi) is 4.96. The van der Waals surface area contributed by atoms with E-state index in [1.165, 1.54) is 5.56 Å². The lowest BCUT2D eigenvalue weighted by molar-refractivity contribution is -0.117. The monoisotopic (exact) mass is 228 g/mol. The summed E-state index contributed by atoms with van der Waals surface area (Å²) in [6, 6.07) is 11.8. The van der Waals surface area contributed by atoms with Crippen molar-refractivity contribution in [2.45, 2.75) is 20.3 Å². The summed E-state index contributed by atoms with van der Waals surface area (Å²) in [4.78, 5) is 11.6. The number of nitriles is 1. The number of hydrogen-bond donors (Lipinski definition) is 1. The van der Waals surface area contributed by atoms with Crippen LogP contribution < -0.4 is 5.32 Å². The predicted molar refractivity (Wildman–Crippen MR) is 67.1 cm³/mol. The number of amides is 1. The van der Waals surface area contributed by atoms with Gasteiger partial charge >= 0.3 is 0 Å². The Balaban J connectivity index is 2.46. The molecule has 88 valence electrons. The molecule has 0 spiro atoms. The van der Waals surface area contributed by atoms with Crippen molar-refractivity contribution in [2.75, 3.05) is 6.54 Å². The summed E-state index contributed by atoms with van der Waals surface area (Å²) in [5.74, 6) is -0.288. The Morgan fingerprint density at radius 2 is 1.94 bits per heavy atom. The quantitative estimate of drug-likeness (QED) is 0.634. The average Bonchev–Trinajstić information content (AvgIpc) is 2.30. The summed E-state index contributed by atoms with van der Waals surface area (Å²) in [7, 11) is 0. The first-order chi connectivity index (χ1) is 8.15. The molecule has 0 saturated heterocycles. The van der Waals surface area contributed by atoms with E-state index in [0.29, 0.717) is 6.54 Å². The highest BCUT2D eigenvalue weighted by Gasteiger charge is 2.09. The maximum absolute atomic E-state index is 11.6. The number of allylic oxidation sites excluding steroid dienone is 1. The molecule has 0 atom stereocenters. The summed E-state index contributed by atoms with van der Waals surface area (Å²) in [6.45, 7) is 4.06. The number of hydrogen-bond acceptors (Lipinski definition) is 2.